The van der Waals surface area contributed by atoms with Crippen LogP contribution in [0.1, 0.15) is 31.3 Å². The minimum Gasteiger partial charge on any atom is -0.369 e. The normalized spacial score (nSPS) is 11.5. The average molecular weight is 265 g/mol. The van der Waals surface area contributed by atoms with E-state index >= 15 is 0 Å². The summed E-state index contributed by atoms with van der Waals surface area (Å²) in [6, 6.07) is 2.62. The third-order valence-electron chi connectivity index (χ3n) is 2.35. The summed E-state index contributed by atoms with van der Waals surface area (Å²) in [7, 11) is 0. The third kappa shape index (κ3) is 4.53. The van der Waals surface area contributed by atoms with Gasteiger partial charge in [-0.25, -0.2) is 0 Å². The van der Waals surface area contributed by atoms with Gasteiger partial charge in [0.15, 0.2) is 5.69 Å². The molecule has 0 spiro atoms. The number of hydrogen-bond acceptors (Lipinski definition) is 5. The van der Waals surface area contributed by atoms with Gasteiger partial charge in [0.2, 0.25) is 5.91 Å². The molecule has 0 saturated heterocycles. The van der Waals surface area contributed by atoms with Crippen LogP contribution < -0.4 is 16.0 Å². The van der Waals surface area contributed by atoms with E-state index in [0.29, 0.717) is 12.4 Å². The Morgan fingerprint density at radius 3 is 2.47 bits per heavy atom. The quantitative estimate of drug-likeness (QED) is 0.681. The number of carbonyl (C=O) groups excluding carboxylic acids is 2. The second kappa shape index (κ2) is 7.30. The van der Waals surface area contributed by atoms with Crippen molar-refractivity contribution in [3.63, 3.8) is 0 Å². The van der Waals surface area contributed by atoms with Crippen LogP contribution in [-0.4, -0.2) is 41.1 Å². The fourth-order valence-electron chi connectivity index (χ4n) is 1.39. The zero-order valence-electron chi connectivity index (χ0n) is 11.4. The molecule has 0 aliphatic carbocycles. The molecule has 0 fully saturated rings. The van der Waals surface area contributed by atoms with Crippen LogP contribution >= 0.6 is 0 Å². The Bertz CT molecular complexity index is 432. The smallest absolute Gasteiger partial charge is 0.272 e. The van der Waals surface area contributed by atoms with Gasteiger partial charge in [0.05, 0.1) is 0 Å². The lowest BCUT2D eigenvalue weighted by atomic mass is 10.3. The Morgan fingerprint density at radius 2 is 1.95 bits per heavy atom. The molecule has 0 radical (unpaired) electrons. The maximum absolute atomic E-state index is 11.8. The zero-order valence-corrected chi connectivity index (χ0v) is 11.4. The van der Waals surface area contributed by atoms with Gasteiger partial charge in [-0.3, -0.25) is 9.59 Å². The number of likely N-dealkylation sites (N-methyl/N-ethyl adjacent to an activating group) is 1. The van der Waals surface area contributed by atoms with E-state index in [9.17, 15) is 9.59 Å². The van der Waals surface area contributed by atoms with Crippen molar-refractivity contribution in [2.45, 2.75) is 26.8 Å². The molecule has 2 amide bonds. The number of aromatic nitrogens is 2. The molecule has 19 heavy (non-hydrogen) atoms. The lowest BCUT2D eigenvalue weighted by Gasteiger charge is -2.12. The molecule has 0 aromatic carbocycles. The fourth-order valence-corrected chi connectivity index (χ4v) is 1.39. The standard InChI is InChI=1S/C12H19N5O2/c1-4-13-10-7-6-9(16-17-10)12(19)15-8(3)11(18)14-5-2/h6-8H,4-5H2,1-3H3,(H,13,17)(H,14,18)(H,15,19). The summed E-state index contributed by atoms with van der Waals surface area (Å²) >= 11 is 0. The molecule has 1 rings (SSSR count). The van der Waals surface area contributed by atoms with Gasteiger partial charge in [-0.15, -0.1) is 10.2 Å². The molecule has 3 N–H and O–H groups in total. The van der Waals surface area contributed by atoms with Crippen LogP contribution in [0.4, 0.5) is 5.82 Å². The van der Waals surface area contributed by atoms with Crippen molar-refractivity contribution in [3.8, 4) is 0 Å². The van der Waals surface area contributed by atoms with Crippen molar-refractivity contribution in [1.82, 2.24) is 20.8 Å². The molecule has 0 bridgehead atoms. The van der Waals surface area contributed by atoms with E-state index in [0.717, 1.165) is 6.54 Å². The van der Waals surface area contributed by atoms with Gasteiger partial charge in [-0.1, -0.05) is 0 Å². The molecule has 7 nitrogen and oxygen atoms in total. The summed E-state index contributed by atoms with van der Waals surface area (Å²) in [4.78, 5) is 23.3. The first kappa shape index (κ1) is 14.9. The minimum absolute atomic E-state index is 0.179. The van der Waals surface area contributed by atoms with Crippen molar-refractivity contribution < 1.29 is 9.59 Å². The van der Waals surface area contributed by atoms with Gasteiger partial charge in [-0.2, -0.15) is 0 Å². The van der Waals surface area contributed by atoms with Crippen molar-refractivity contribution in [2.75, 3.05) is 18.4 Å². The predicted molar refractivity (Wildman–Crippen MR) is 71.8 cm³/mol. The van der Waals surface area contributed by atoms with E-state index in [1.54, 1.807) is 19.1 Å². The minimum atomic E-state index is -0.609. The summed E-state index contributed by atoms with van der Waals surface area (Å²) in [5, 5.41) is 15.8. The first-order chi connectivity index (χ1) is 9.08. The number of hydrogen-bond donors (Lipinski definition) is 3. The molecule has 104 valence electrons. The van der Waals surface area contributed by atoms with Gasteiger partial charge >= 0.3 is 0 Å². The molecule has 1 aromatic heterocycles. The van der Waals surface area contributed by atoms with E-state index in [1.165, 1.54) is 0 Å². The van der Waals surface area contributed by atoms with Crippen LogP contribution in [0.2, 0.25) is 0 Å². The third-order valence-corrected chi connectivity index (χ3v) is 2.35. The highest BCUT2D eigenvalue weighted by Crippen LogP contribution is 2.01. The maximum atomic E-state index is 11.8. The van der Waals surface area contributed by atoms with Crippen LogP contribution in [0.15, 0.2) is 12.1 Å². The van der Waals surface area contributed by atoms with Gasteiger partial charge in [0.1, 0.15) is 11.9 Å². The molecule has 1 heterocycles. The van der Waals surface area contributed by atoms with Crippen LogP contribution in [0.25, 0.3) is 0 Å². The summed E-state index contributed by atoms with van der Waals surface area (Å²) in [6.45, 7) is 6.63. The summed E-state index contributed by atoms with van der Waals surface area (Å²) in [5.41, 5.74) is 0.179. The number of nitrogens with zero attached hydrogens (tertiary/aromatic N) is 2. The lowest BCUT2D eigenvalue weighted by molar-refractivity contribution is -0.122. The summed E-state index contributed by atoms with van der Waals surface area (Å²) in [6.07, 6.45) is 0. The highest BCUT2D eigenvalue weighted by Gasteiger charge is 2.16. The van der Waals surface area contributed by atoms with Crippen LogP contribution in [-0.2, 0) is 4.79 Å². The lowest BCUT2D eigenvalue weighted by Crippen LogP contribution is -2.44. The number of anilines is 1. The number of amides is 2. The van der Waals surface area contributed by atoms with Crippen LogP contribution in [0, 0.1) is 0 Å². The van der Waals surface area contributed by atoms with E-state index in [4.69, 9.17) is 0 Å². The molecule has 1 atom stereocenters. The monoisotopic (exact) mass is 265 g/mol. The van der Waals surface area contributed by atoms with Crippen LogP contribution in [0.5, 0.6) is 0 Å². The molecule has 0 aliphatic heterocycles. The predicted octanol–water partition coefficient (Wildman–Crippen LogP) is 0.163. The molecule has 0 aliphatic rings. The Kier molecular flexibility index (Phi) is 5.72. The molecular formula is C12H19N5O2. The molecule has 0 saturated carbocycles. The van der Waals surface area contributed by atoms with E-state index in [-0.39, 0.29) is 11.6 Å². The molecule has 1 aromatic rings. The highest BCUT2D eigenvalue weighted by molar-refractivity contribution is 5.95. The maximum Gasteiger partial charge on any atom is 0.272 e. The van der Waals surface area contributed by atoms with E-state index < -0.39 is 11.9 Å². The number of rotatable bonds is 6. The molecule has 1 unspecified atom stereocenters. The number of nitrogens with one attached hydrogen (secondary N) is 3. The second-order valence-corrected chi connectivity index (χ2v) is 3.92. The Labute approximate surface area is 112 Å². The van der Waals surface area contributed by atoms with Crippen molar-refractivity contribution in [3.05, 3.63) is 17.8 Å². The fraction of sp³-hybridized carbons (Fsp3) is 0.500. The van der Waals surface area contributed by atoms with E-state index in [1.807, 2.05) is 13.8 Å². The topological polar surface area (TPSA) is 96.0 Å². The highest BCUT2D eigenvalue weighted by atomic mass is 16.2. The summed E-state index contributed by atoms with van der Waals surface area (Å²) in [5.74, 6) is -0.0433. The number of carbonyl (C=O) groups is 2. The Hall–Kier alpha value is -2.18. The first-order valence-corrected chi connectivity index (χ1v) is 6.24. The molecular weight excluding hydrogens is 246 g/mol. The SMILES string of the molecule is CCNC(=O)C(C)NC(=O)c1ccc(NCC)nn1. The van der Waals surface area contributed by atoms with E-state index in [2.05, 4.69) is 26.1 Å². The van der Waals surface area contributed by atoms with Crippen molar-refractivity contribution in [1.29, 1.82) is 0 Å². The van der Waals surface area contributed by atoms with Crippen molar-refractivity contribution in [2.24, 2.45) is 0 Å². The first-order valence-electron chi connectivity index (χ1n) is 6.24. The van der Waals surface area contributed by atoms with Crippen molar-refractivity contribution >= 4 is 17.6 Å². The van der Waals surface area contributed by atoms with Gasteiger partial charge in [0.25, 0.3) is 5.91 Å². The van der Waals surface area contributed by atoms with Gasteiger partial charge < -0.3 is 16.0 Å². The summed E-state index contributed by atoms with van der Waals surface area (Å²) < 4.78 is 0. The van der Waals surface area contributed by atoms with Gasteiger partial charge in [0, 0.05) is 13.1 Å². The van der Waals surface area contributed by atoms with Gasteiger partial charge in [-0.05, 0) is 32.9 Å². The second-order valence-electron chi connectivity index (χ2n) is 3.92. The zero-order chi connectivity index (χ0) is 14.3. The average Bonchev–Trinajstić information content (AvgIpc) is 2.40. The van der Waals surface area contributed by atoms with Crippen LogP contribution in [0.3, 0.4) is 0 Å². The molecule has 7 heteroatoms. The Morgan fingerprint density at radius 1 is 1.21 bits per heavy atom. The Balaban J connectivity index is 2.60. The largest absolute Gasteiger partial charge is 0.369 e.